The van der Waals surface area contributed by atoms with E-state index in [4.69, 9.17) is 17.3 Å². The van der Waals surface area contributed by atoms with Crippen LogP contribution in [-0.2, 0) is 6.18 Å². The van der Waals surface area contributed by atoms with Crippen LogP contribution in [0, 0.1) is 0 Å². The molecule has 0 amide bonds. The summed E-state index contributed by atoms with van der Waals surface area (Å²) in [5.41, 5.74) is 4.79. The normalized spacial score (nSPS) is 12.9. The summed E-state index contributed by atoms with van der Waals surface area (Å²) >= 11 is 6.96. The van der Waals surface area contributed by atoms with Crippen molar-refractivity contribution in [3.05, 3.63) is 35.1 Å². The van der Waals surface area contributed by atoms with E-state index in [-0.39, 0.29) is 23.2 Å². The predicted molar refractivity (Wildman–Crippen MR) is 84.5 cm³/mol. The second kappa shape index (κ2) is 7.22. The number of nitrogens with zero attached hydrogens (tertiary/aromatic N) is 3. The molecule has 0 fully saturated rings. The second-order valence-electron chi connectivity index (χ2n) is 4.67. The van der Waals surface area contributed by atoms with Gasteiger partial charge in [-0.25, -0.2) is 0 Å². The Hall–Kier alpha value is -1.74. The SMILES string of the molecule is CC(CSc1cccc(C(F)(F)F)c1)Nc1nc(N)nc(Cl)n1. The first-order valence-corrected chi connectivity index (χ1v) is 7.84. The van der Waals surface area contributed by atoms with Crippen molar-refractivity contribution >= 4 is 35.3 Å². The van der Waals surface area contributed by atoms with E-state index in [1.165, 1.54) is 17.8 Å². The molecule has 23 heavy (non-hydrogen) atoms. The summed E-state index contributed by atoms with van der Waals surface area (Å²) in [7, 11) is 0. The van der Waals surface area contributed by atoms with Gasteiger partial charge in [-0.05, 0) is 36.7 Å². The van der Waals surface area contributed by atoms with E-state index in [0.717, 1.165) is 12.1 Å². The van der Waals surface area contributed by atoms with Crippen LogP contribution in [0.3, 0.4) is 0 Å². The maximum Gasteiger partial charge on any atom is 0.416 e. The van der Waals surface area contributed by atoms with Gasteiger partial charge >= 0.3 is 6.18 Å². The number of halogens is 4. The van der Waals surface area contributed by atoms with Crippen LogP contribution in [0.1, 0.15) is 12.5 Å². The lowest BCUT2D eigenvalue weighted by Crippen LogP contribution is -2.20. The Balaban J connectivity index is 1.95. The molecule has 1 atom stereocenters. The van der Waals surface area contributed by atoms with Gasteiger partial charge in [0.15, 0.2) is 0 Å². The summed E-state index contributed by atoms with van der Waals surface area (Å²) in [6.07, 6.45) is -4.35. The Bertz CT molecular complexity index is 663. The number of nitrogens with two attached hydrogens (primary N) is 1. The highest BCUT2D eigenvalue weighted by Crippen LogP contribution is 2.32. The lowest BCUT2D eigenvalue weighted by Gasteiger charge is -2.14. The molecule has 0 bridgehead atoms. The van der Waals surface area contributed by atoms with Gasteiger partial charge in [-0.2, -0.15) is 28.1 Å². The van der Waals surface area contributed by atoms with Crippen LogP contribution < -0.4 is 11.1 Å². The summed E-state index contributed by atoms with van der Waals surface area (Å²) in [6, 6.07) is 5.06. The molecule has 0 aliphatic rings. The fourth-order valence-electron chi connectivity index (χ4n) is 1.68. The van der Waals surface area contributed by atoms with Gasteiger partial charge in [-0.1, -0.05) is 6.07 Å². The maximum atomic E-state index is 12.7. The zero-order valence-electron chi connectivity index (χ0n) is 11.9. The van der Waals surface area contributed by atoms with Gasteiger partial charge in [0.25, 0.3) is 0 Å². The Kier molecular flexibility index (Phi) is 5.53. The lowest BCUT2D eigenvalue weighted by atomic mass is 10.2. The van der Waals surface area contributed by atoms with Crippen molar-refractivity contribution in [1.82, 2.24) is 15.0 Å². The zero-order chi connectivity index (χ0) is 17.0. The number of aromatic nitrogens is 3. The molecule has 1 aromatic heterocycles. The first kappa shape index (κ1) is 17.6. The van der Waals surface area contributed by atoms with Gasteiger partial charge in [0, 0.05) is 16.7 Å². The molecule has 1 heterocycles. The first-order valence-electron chi connectivity index (χ1n) is 6.47. The number of benzene rings is 1. The highest BCUT2D eigenvalue weighted by atomic mass is 35.5. The number of alkyl halides is 3. The second-order valence-corrected chi connectivity index (χ2v) is 6.10. The number of nitrogens with one attached hydrogen (secondary N) is 1. The number of hydrogen-bond donors (Lipinski definition) is 2. The summed E-state index contributed by atoms with van der Waals surface area (Å²) in [5, 5.41) is 2.94. The number of anilines is 2. The van der Waals surface area contributed by atoms with E-state index in [1.807, 2.05) is 6.92 Å². The van der Waals surface area contributed by atoms with Crippen molar-refractivity contribution in [1.29, 1.82) is 0 Å². The Morgan fingerprint density at radius 2 is 2.04 bits per heavy atom. The molecule has 10 heteroatoms. The smallest absolute Gasteiger partial charge is 0.368 e. The first-order chi connectivity index (χ1) is 10.7. The van der Waals surface area contributed by atoms with Crippen molar-refractivity contribution in [2.45, 2.75) is 24.0 Å². The number of thioether (sulfide) groups is 1. The molecule has 1 unspecified atom stereocenters. The monoisotopic (exact) mass is 363 g/mol. The minimum Gasteiger partial charge on any atom is -0.368 e. The van der Waals surface area contributed by atoms with Gasteiger partial charge in [0.2, 0.25) is 17.2 Å². The molecule has 0 aliphatic heterocycles. The van der Waals surface area contributed by atoms with E-state index in [1.54, 1.807) is 6.07 Å². The van der Waals surface area contributed by atoms with Crippen molar-refractivity contribution in [3.8, 4) is 0 Å². The lowest BCUT2D eigenvalue weighted by molar-refractivity contribution is -0.137. The molecule has 5 nitrogen and oxygen atoms in total. The molecule has 0 aliphatic carbocycles. The van der Waals surface area contributed by atoms with Crippen LogP contribution in [0.2, 0.25) is 5.28 Å². The largest absolute Gasteiger partial charge is 0.416 e. The van der Waals surface area contributed by atoms with Crippen LogP contribution in [0.25, 0.3) is 0 Å². The number of rotatable bonds is 5. The molecule has 2 rings (SSSR count). The summed E-state index contributed by atoms with van der Waals surface area (Å²) in [4.78, 5) is 11.9. The molecular formula is C13H13ClF3N5S. The third-order valence-corrected chi connectivity index (χ3v) is 4.09. The zero-order valence-corrected chi connectivity index (χ0v) is 13.5. The van der Waals surface area contributed by atoms with Crippen molar-refractivity contribution in [3.63, 3.8) is 0 Å². The molecule has 124 valence electrons. The van der Waals surface area contributed by atoms with Gasteiger partial charge in [0.05, 0.1) is 5.56 Å². The highest BCUT2D eigenvalue weighted by molar-refractivity contribution is 7.99. The average Bonchev–Trinajstić information content (AvgIpc) is 2.43. The van der Waals surface area contributed by atoms with Crippen LogP contribution in [0.5, 0.6) is 0 Å². The minimum absolute atomic E-state index is 0.00904. The number of nitrogen functional groups attached to an aromatic ring is 1. The van der Waals surface area contributed by atoms with E-state index in [9.17, 15) is 13.2 Å². The van der Waals surface area contributed by atoms with E-state index in [2.05, 4.69) is 20.3 Å². The molecule has 1 aromatic carbocycles. The minimum atomic E-state index is -4.35. The Labute approximate surface area is 139 Å². The predicted octanol–water partition coefficient (Wildman–Crippen LogP) is 3.72. The average molecular weight is 364 g/mol. The quantitative estimate of drug-likeness (QED) is 0.788. The van der Waals surface area contributed by atoms with Crippen molar-refractivity contribution in [2.75, 3.05) is 16.8 Å². The van der Waals surface area contributed by atoms with E-state index in [0.29, 0.717) is 10.6 Å². The summed E-state index contributed by atoms with van der Waals surface area (Å²) < 4.78 is 38.0. The molecule has 0 spiro atoms. The number of hydrogen-bond acceptors (Lipinski definition) is 6. The van der Waals surface area contributed by atoms with Gasteiger partial charge < -0.3 is 11.1 Å². The summed E-state index contributed by atoms with van der Waals surface area (Å²) in [5.74, 6) is 0.717. The van der Waals surface area contributed by atoms with Gasteiger partial charge in [0.1, 0.15) is 0 Å². The van der Waals surface area contributed by atoms with E-state index >= 15 is 0 Å². The van der Waals surface area contributed by atoms with Crippen molar-refractivity contribution < 1.29 is 13.2 Å². The van der Waals surface area contributed by atoms with Crippen LogP contribution in [0.15, 0.2) is 29.2 Å². The van der Waals surface area contributed by atoms with Crippen LogP contribution in [-0.4, -0.2) is 26.7 Å². The maximum absolute atomic E-state index is 12.7. The highest BCUT2D eigenvalue weighted by Gasteiger charge is 2.30. The standard InChI is InChI=1S/C13H13ClF3N5S/c1-7(19-12-21-10(14)20-11(18)22-12)6-23-9-4-2-3-8(5-9)13(15,16)17/h2-5,7H,6H2,1H3,(H3,18,19,20,21,22). The Morgan fingerprint density at radius 3 is 2.70 bits per heavy atom. The molecule has 3 N–H and O–H groups in total. The van der Waals surface area contributed by atoms with Crippen LogP contribution in [0.4, 0.5) is 25.1 Å². The Morgan fingerprint density at radius 1 is 1.30 bits per heavy atom. The van der Waals surface area contributed by atoms with Crippen molar-refractivity contribution in [2.24, 2.45) is 0 Å². The van der Waals surface area contributed by atoms with Gasteiger partial charge in [-0.3, -0.25) is 0 Å². The molecule has 0 saturated heterocycles. The van der Waals surface area contributed by atoms with Gasteiger partial charge in [-0.15, -0.1) is 11.8 Å². The molecular weight excluding hydrogens is 351 g/mol. The molecule has 0 saturated carbocycles. The van der Waals surface area contributed by atoms with Crippen LogP contribution >= 0.6 is 23.4 Å². The third-order valence-electron chi connectivity index (χ3n) is 2.66. The molecule has 2 aromatic rings. The fraction of sp³-hybridized carbons (Fsp3) is 0.308. The topological polar surface area (TPSA) is 76.7 Å². The summed E-state index contributed by atoms with van der Waals surface area (Å²) in [6.45, 7) is 1.84. The fourth-order valence-corrected chi connectivity index (χ4v) is 2.75. The molecule has 0 radical (unpaired) electrons. The third kappa shape index (κ3) is 5.43. The van der Waals surface area contributed by atoms with E-state index < -0.39 is 11.7 Å².